The summed E-state index contributed by atoms with van der Waals surface area (Å²) in [6.45, 7) is 5.40. The summed E-state index contributed by atoms with van der Waals surface area (Å²) in [5.41, 5.74) is 0.627. The molecule has 0 unspecified atom stereocenters. The molecule has 0 bridgehead atoms. The normalized spacial score (nSPS) is 11.3. The minimum Gasteiger partial charge on any atom is -0.365 e. The number of thioether (sulfide) groups is 1. The summed E-state index contributed by atoms with van der Waals surface area (Å²) in [5, 5.41) is 7.53. The Bertz CT molecular complexity index is 495. The van der Waals surface area contributed by atoms with Crippen LogP contribution in [0.25, 0.3) is 0 Å². The predicted molar refractivity (Wildman–Crippen MR) is 89.2 cm³/mol. The first-order chi connectivity index (χ1) is 9.56. The highest BCUT2D eigenvalue weighted by Gasteiger charge is 2.07. The highest BCUT2D eigenvalue weighted by molar-refractivity contribution is 8.14. The number of hydrogen-bond donors (Lipinski definition) is 2. The Balaban J connectivity index is 2.50. The van der Waals surface area contributed by atoms with E-state index in [0.29, 0.717) is 22.3 Å². The first-order valence-corrected chi connectivity index (χ1v) is 7.97. The number of aliphatic imine (C=N–C) groups is 1. The van der Waals surface area contributed by atoms with Gasteiger partial charge in [-0.05, 0) is 32.0 Å². The Morgan fingerprint density at radius 1 is 1.30 bits per heavy atom. The van der Waals surface area contributed by atoms with Gasteiger partial charge in [-0.2, -0.15) is 0 Å². The average Bonchev–Trinajstić information content (AvgIpc) is 2.41. The molecule has 20 heavy (non-hydrogen) atoms. The fourth-order valence-corrected chi connectivity index (χ4v) is 2.46. The van der Waals surface area contributed by atoms with E-state index in [1.54, 1.807) is 18.2 Å². The number of hydrogen-bond acceptors (Lipinski definition) is 3. The maximum atomic E-state index is 11.8. The molecular weight excluding hydrogens is 317 g/mol. The molecule has 1 amide bonds. The molecule has 0 saturated heterocycles. The lowest BCUT2D eigenvalue weighted by molar-refractivity contribution is -0.113. The predicted octanol–water partition coefficient (Wildman–Crippen LogP) is 3.65. The number of carbonyl (C=O) groups excluding carboxylic acids is 1. The van der Waals surface area contributed by atoms with Crippen LogP contribution in [0.3, 0.4) is 0 Å². The third-order valence-electron chi connectivity index (χ3n) is 2.17. The molecule has 1 aromatic carbocycles. The van der Waals surface area contributed by atoms with Gasteiger partial charge in [0.1, 0.15) is 0 Å². The Morgan fingerprint density at radius 3 is 2.65 bits per heavy atom. The number of rotatable bonds is 5. The van der Waals surface area contributed by atoms with Crippen molar-refractivity contribution in [2.75, 3.05) is 24.2 Å². The smallest absolute Gasteiger partial charge is 0.234 e. The molecule has 0 aliphatic rings. The van der Waals surface area contributed by atoms with E-state index in [9.17, 15) is 4.79 Å². The molecule has 0 radical (unpaired) electrons. The fraction of sp³-hybridized carbons (Fsp3) is 0.385. The Labute approximate surface area is 133 Å². The number of amides is 1. The van der Waals surface area contributed by atoms with Gasteiger partial charge in [0, 0.05) is 18.8 Å². The summed E-state index contributed by atoms with van der Waals surface area (Å²) in [4.78, 5) is 16.1. The first-order valence-electron chi connectivity index (χ1n) is 6.22. The number of carbonyl (C=O) groups is 1. The van der Waals surface area contributed by atoms with Crippen LogP contribution in [-0.2, 0) is 4.79 Å². The van der Waals surface area contributed by atoms with Crippen LogP contribution in [0.1, 0.15) is 13.8 Å². The maximum absolute atomic E-state index is 11.8. The zero-order valence-corrected chi connectivity index (χ0v) is 13.7. The van der Waals surface area contributed by atoms with Gasteiger partial charge in [-0.15, -0.1) is 0 Å². The summed E-state index contributed by atoms with van der Waals surface area (Å²) < 4.78 is 0. The zero-order chi connectivity index (χ0) is 15.0. The van der Waals surface area contributed by atoms with E-state index < -0.39 is 0 Å². The molecular formula is C13H17Cl2N3OS. The van der Waals surface area contributed by atoms with Crippen LogP contribution in [0.4, 0.5) is 5.69 Å². The molecule has 7 heteroatoms. The second kappa shape index (κ2) is 9.10. The summed E-state index contributed by atoms with van der Waals surface area (Å²) in [6, 6.07) is 4.98. The van der Waals surface area contributed by atoms with Gasteiger partial charge in [0.15, 0.2) is 5.17 Å². The molecule has 1 aromatic rings. The third kappa shape index (κ3) is 6.03. The average molecular weight is 334 g/mol. The van der Waals surface area contributed by atoms with Crippen molar-refractivity contribution in [2.45, 2.75) is 13.8 Å². The zero-order valence-electron chi connectivity index (χ0n) is 11.4. The van der Waals surface area contributed by atoms with E-state index in [4.69, 9.17) is 23.2 Å². The van der Waals surface area contributed by atoms with Crippen LogP contribution in [0.5, 0.6) is 0 Å². The molecule has 0 aliphatic heterocycles. The van der Waals surface area contributed by atoms with Gasteiger partial charge in [0.25, 0.3) is 0 Å². The molecule has 0 heterocycles. The van der Waals surface area contributed by atoms with Crippen molar-refractivity contribution in [1.82, 2.24) is 5.32 Å². The van der Waals surface area contributed by atoms with Crippen molar-refractivity contribution in [1.29, 1.82) is 0 Å². The minimum atomic E-state index is -0.116. The summed E-state index contributed by atoms with van der Waals surface area (Å²) >= 11 is 13.1. The molecule has 4 nitrogen and oxygen atoms in total. The van der Waals surface area contributed by atoms with Crippen LogP contribution in [0.2, 0.25) is 10.0 Å². The van der Waals surface area contributed by atoms with E-state index in [0.717, 1.165) is 11.7 Å². The Morgan fingerprint density at radius 2 is 2.05 bits per heavy atom. The number of amidine groups is 1. The van der Waals surface area contributed by atoms with E-state index in [2.05, 4.69) is 15.6 Å². The number of halogens is 2. The van der Waals surface area contributed by atoms with Crippen molar-refractivity contribution >= 4 is 51.7 Å². The van der Waals surface area contributed by atoms with Crippen LogP contribution < -0.4 is 10.6 Å². The van der Waals surface area contributed by atoms with Crippen molar-refractivity contribution < 1.29 is 4.79 Å². The van der Waals surface area contributed by atoms with E-state index in [1.165, 1.54) is 11.8 Å². The second-order valence-electron chi connectivity index (χ2n) is 3.78. The van der Waals surface area contributed by atoms with Crippen LogP contribution >= 0.6 is 35.0 Å². The maximum Gasteiger partial charge on any atom is 0.234 e. The monoisotopic (exact) mass is 333 g/mol. The van der Waals surface area contributed by atoms with Crippen molar-refractivity contribution in [3.63, 3.8) is 0 Å². The molecule has 1 rings (SSSR count). The van der Waals surface area contributed by atoms with Gasteiger partial charge in [0.2, 0.25) is 5.91 Å². The lowest BCUT2D eigenvalue weighted by Gasteiger charge is -2.08. The van der Waals surface area contributed by atoms with Gasteiger partial charge >= 0.3 is 0 Å². The topological polar surface area (TPSA) is 53.5 Å². The summed E-state index contributed by atoms with van der Waals surface area (Å²) in [6.07, 6.45) is 0. The molecule has 0 saturated carbocycles. The molecule has 0 atom stereocenters. The lowest BCUT2D eigenvalue weighted by atomic mass is 10.3. The standard InChI is InChI=1S/C13H17Cl2N3OS/c1-3-16-13(17-4-2)20-8-12(19)18-9-5-6-10(14)11(15)7-9/h5-7H,3-4,8H2,1-2H3,(H,16,17)(H,18,19). The summed E-state index contributed by atoms with van der Waals surface area (Å²) in [5.74, 6) is 0.168. The number of benzene rings is 1. The minimum absolute atomic E-state index is 0.116. The van der Waals surface area contributed by atoms with Gasteiger partial charge in [-0.25, -0.2) is 0 Å². The van der Waals surface area contributed by atoms with Crippen molar-refractivity contribution in [2.24, 2.45) is 4.99 Å². The number of nitrogens with one attached hydrogen (secondary N) is 2. The summed E-state index contributed by atoms with van der Waals surface area (Å²) in [7, 11) is 0. The van der Waals surface area contributed by atoms with Crippen LogP contribution in [-0.4, -0.2) is 29.9 Å². The highest BCUT2D eigenvalue weighted by atomic mass is 35.5. The highest BCUT2D eigenvalue weighted by Crippen LogP contribution is 2.25. The van der Waals surface area contributed by atoms with Gasteiger partial charge in [-0.1, -0.05) is 35.0 Å². The first kappa shape index (κ1) is 17.1. The molecule has 0 aromatic heterocycles. The van der Waals surface area contributed by atoms with Gasteiger partial charge in [-0.3, -0.25) is 9.79 Å². The van der Waals surface area contributed by atoms with E-state index in [1.807, 2.05) is 13.8 Å². The number of nitrogens with zero attached hydrogens (tertiary/aromatic N) is 1. The van der Waals surface area contributed by atoms with Gasteiger partial charge in [0.05, 0.1) is 15.8 Å². The quantitative estimate of drug-likeness (QED) is 0.638. The number of anilines is 1. The Hall–Kier alpha value is -0.910. The van der Waals surface area contributed by atoms with Crippen LogP contribution in [0.15, 0.2) is 23.2 Å². The SMILES string of the molecule is CCN=C(NCC)SCC(=O)Nc1ccc(Cl)c(Cl)c1. The molecule has 0 fully saturated rings. The van der Waals surface area contributed by atoms with Gasteiger partial charge < -0.3 is 10.6 Å². The van der Waals surface area contributed by atoms with Crippen molar-refractivity contribution in [3.8, 4) is 0 Å². The molecule has 110 valence electrons. The lowest BCUT2D eigenvalue weighted by Crippen LogP contribution is -2.23. The van der Waals surface area contributed by atoms with E-state index in [-0.39, 0.29) is 11.7 Å². The van der Waals surface area contributed by atoms with Crippen molar-refractivity contribution in [3.05, 3.63) is 28.2 Å². The van der Waals surface area contributed by atoms with Crippen LogP contribution in [0, 0.1) is 0 Å². The third-order valence-corrected chi connectivity index (χ3v) is 3.87. The largest absolute Gasteiger partial charge is 0.365 e. The molecule has 0 spiro atoms. The van der Waals surface area contributed by atoms with E-state index >= 15 is 0 Å². The second-order valence-corrected chi connectivity index (χ2v) is 5.55. The fourth-order valence-electron chi connectivity index (χ4n) is 1.35. The molecule has 0 aliphatic carbocycles. The Kier molecular flexibility index (Phi) is 7.80. The molecule has 2 N–H and O–H groups in total.